The van der Waals surface area contributed by atoms with E-state index in [2.05, 4.69) is 10.6 Å². The first-order valence-corrected chi connectivity index (χ1v) is 7.16. The summed E-state index contributed by atoms with van der Waals surface area (Å²) in [6, 6.07) is -0.00575. The van der Waals surface area contributed by atoms with E-state index in [1.807, 2.05) is 27.7 Å². The Bertz CT molecular complexity index is 267. The molecule has 5 nitrogen and oxygen atoms in total. The second kappa shape index (κ2) is 10.8. The molecule has 0 aromatic heterocycles. The molecular weight excluding hydrogens is 244 g/mol. The molecule has 0 aliphatic rings. The van der Waals surface area contributed by atoms with E-state index < -0.39 is 0 Å². The number of nitrogens with one attached hydrogen (secondary N) is 2. The largest absolute Gasteiger partial charge is 0.466 e. The summed E-state index contributed by atoms with van der Waals surface area (Å²) < 4.78 is 4.85. The first-order chi connectivity index (χ1) is 8.97. The Balaban J connectivity index is 3.48. The van der Waals surface area contributed by atoms with Gasteiger partial charge in [0.25, 0.3) is 0 Å². The van der Waals surface area contributed by atoms with Crippen LogP contribution in [0.25, 0.3) is 0 Å². The first kappa shape index (κ1) is 17.9. The molecule has 0 aliphatic heterocycles. The number of ether oxygens (including phenoxy) is 1. The average molecular weight is 272 g/mol. The Morgan fingerprint density at radius 3 is 2.37 bits per heavy atom. The lowest BCUT2D eigenvalue weighted by molar-refractivity contribution is -0.143. The summed E-state index contributed by atoms with van der Waals surface area (Å²) in [6.45, 7) is 8.79. The molecule has 112 valence electrons. The highest BCUT2D eigenvalue weighted by molar-refractivity contribution is 5.81. The van der Waals surface area contributed by atoms with Crippen molar-refractivity contribution in [2.45, 2.75) is 65.5 Å². The summed E-state index contributed by atoms with van der Waals surface area (Å²) in [5.74, 6) is -0.0957. The van der Waals surface area contributed by atoms with E-state index in [0.29, 0.717) is 13.0 Å². The zero-order chi connectivity index (χ0) is 14.7. The highest BCUT2D eigenvalue weighted by Gasteiger charge is 2.12. The number of carbonyl (C=O) groups excluding carboxylic acids is 2. The number of hydrogen-bond donors (Lipinski definition) is 2. The van der Waals surface area contributed by atoms with E-state index in [1.54, 1.807) is 0 Å². The predicted molar refractivity (Wildman–Crippen MR) is 75.8 cm³/mol. The SMILES string of the molecule is CCOC(=O)CCCCCNC(C)C(=O)NC(C)C. The van der Waals surface area contributed by atoms with Crippen molar-refractivity contribution in [3.63, 3.8) is 0 Å². The molecule has 0 saturated heterocycles. The summed E-state index contributed by atoms with van der Waals surface area (Å²) >= 11 is 0. The van der Waals surface area contributed by atoms with Crippen LogP contribution in [-0.4, -0.2) is 37.1 Å². The van der Waals surface area contributed by atoms with E-state index >= 15 is 0 Å². The van der Waals surface area contributed by atoms with Gasteiger partial charge in [0.15, 0.2) is 0 Å². The molecule has 0 saturated carbocycles. The third-order valence-electron chi connectivity index (χ3n) is 2.64. The quantitative estimate of drug-likeness (QED) is 0.468. The molecule has 0 aliphatic carbocycles. The molecule has 0 fully saturated rings. The van der Waals surface area contributed by atoms with Crippen LogP contribution in [0.15, 0.2) is 0 Å². The topological polar surface area (TPSA) is 67.4 Å². The molecular formula is C14H28N2O3. The number of hydrogen-bond acceptors (Lipinski definition) is 4. The Morgan fingerprint density at radius 2 is 1.79 bits per heavy atom. The van der Waals surface area contributed by atoms with Crippen LogP contribution < -0.4 is 10.6 Å². The number of amides is 1. The smallest absolute Gasteiger partial charge is 0.305 e. The molecule has 5 heteroatoms. The van der Waals surface area contributed by atoms with Gasteiger partial charge < -0.3 is 15.4 Å². The third-order valence-corrected chi connectivity index (χ3v) is 2.64. The van der Waals surface area contributed by atoms with Crippen LogP contribution in [0.2, 0.25) is 0 Å². The van der Waals surface area contributed by atoms with Gasteiger partial charge in [-0.3, -0.25) is 9.59 Å². The lowest BCUT2D eigenvalue weighted by Gasteiger charge is -2.15. The lowest BCUT2D eigenvalue weighted by Crippen LogP contribution is -2.44. The van der Waals surface area contributed by atoms with Gasteiger partial charge in [-0.1, -0.05) is 6.42 Å². The Morgan fingerprint density at radius 1 is 1.11 bits per heavy atom. The van der Waals surface area contributed by atoms with Crippen LogP contribution in [0.1, 0.15) is 53.4 Å². The van der Waals surface area contributed by atoms with Crippen LogP contribution in [0.5, 0.6) is 0 Å². The van der Waals surface area contributed by atoms with Gasteiger partial charge in [-0.05, 0) is 47.1 Å². The van der Waals surface area contributed by atoms with E-state index in [1.165, 1.54) is 0 Å². The van der Waals surface area contributed by atoms with Crippen molar-refractivity contribution in [1.82, 2.24) is 10.6 Å². The fraction of sp³-hybridized carbons (Fsp3) is 0.857. The highest BCUT2D eigenvalue weighted by atomic mass is 16.5. The van der Waals surface area contributed by atoms with Crippen molar-refractivity contribution >= 4 is 11.9 Å². The summed E-state index contributed by atoms with van der Waals surface area (Å²) in [5.41, 5.74) is 0. The second-order valence-corrected chi connectivity index (χ2v) is 4.95. The molecule has 1 unspecified atom stereocenters. The molecule has 0 spiro atoms. The van der Waals surface area contributed by atoms with E-state index in [9.17, 15) is 9.59 Å². The predicted octanol–water partition coefficient (Wildman–Crippen LogP) is 1.61. The van der Waals surface area contributed by atoms with Crippen molar-refractivity contribution in [1.29, 1.82) is 0 Å². The fourth-order valence-electron chi connectivity index (χ4n) is 1.63. The molecule has 0 heterocycles. The molecule has 0 rings (SSSR count). The molecule has 1 atom stereocenters. The Labute approximate surface area is 116 Å². The van der Waals surface area contributed by atoms with E-state index in [0.717, 1.165) is 25.8 Å². The molecule has 0 aromatic rings. The van der Waals surface area contributed by atoms with Crippen molar-refractivity contribution in [2.24, 2.45) is 0 Å². The zero-order valence-electron chi connectivity index (χ0n) is 12.6. The summed E-state index contributed by atoms with van der Waals surface area (Å²) in [7, 11) is 0. The van der Waals surface area contributed by atoms with Gasteiger partial charge in [-0.15, -0.1) is 0 Å². The van der Waals surface area contributed by atoms with E-state index in [4.69, 9.17) is 4.74 Å². The monoisotopic (exact) mass is 272 g/mol. The maximum atomic E-state index is 11.6. The van der Waals surface area contributed by atoms with Gasteiger partial charge in [0.1, 0.15) is 0 Å². The van der Waals surface area contributed by atoms with Crippen molar-refractivity contribution in [3.05, 3.63) is 0 Å². The van der Waals surface area contributed by atoms with Gasteiger partial charge >= 0.3 is 5.97 Å². The standard InChI is InChI=1S/C14H28N2O3/c1-5-19-13(17)9-7-6-8-10-15-12(4)14(18)16-11(2)3/h11-12,15H,5-10H2,1-4H3,(H,16,18). The highest BCUT2D eigenvalue weighted by Crippen LogP contribution is 2.01. The molecule has 2 N–H and O–H groups in total. The maximum Gasteiger partial charge on any atom is 0.305 e. The molecule has 19 heavy (non-hydrogen) atoms. The minimum absolute atomic E-state index is 0.0292. The van der Waals surface area contributed by atoms with Crippen LogP contribution in [0.4, 0.5) is 0 Å². The summed E-state index contributed by atoms with van der Waals surface area (Å²) in [5, 5.41) is 6.03. The third kappa shape index (κ3) is 10.5. The normalized spacial score (nSPS) is 12.3. The van der Waals surface area contributed by atoms with Crippen LogP contribution in [-0.2, 0) is 14.3 Å². The lowest BCUT2D eigenvalue weighted by atomic mass is 10.2. The Kier molecular flexibility index (Phi) is 10.2. The molecule has 0 aromatic carbocycles. The van der Waals surface area contributed by atoms with Gasteiger partial charge in [0, 0.05) is 12.5 Å². The van der Waals surface area contributed by atoms with Crippen LogP contribution in [0.3, 0.4) is 0 Å². The van der Waals surface area contributed by atoms with Gasteiger partial charge in [-0.25, -0.2) is 0 Å². The number of unbranched alkanes of at least 4 members (excludes halogenated alkanes) is 2. The van der Waals surface area contributed by atoms with Gasteiger partial charge in [-0.2, -0.15) is 0 Å². The number of esters is 1. The Hall–Kier alpha value is -1.10. The van der Waals surface area contributed by atoms with Crippen molar-refractivity contribution in [3.8, 4) is 0 Å². The fourth-order valence-corrected chi connectivity index (χ4v) is 1.63. The van der Waals surface area contributed by atoms with Crippen molar-refractivity contribution < 1.29 is 14.3 Å². The van der Waals surface area contributed by atoms with Crippen LogP contribution >= 0.6 is 0 Å². The van der Waals surface area contributed by atoms with Crippen LogP contribution in [0, 0.1) is 0 Å². The molecule has 0 radical (unpaired) electrons. The van der Waals surface area contributed by atoms with Gasteiger partial charge in [0.2, 0.25) is 5.91 Å². The average Bonchev–Trinajstić information content (AvgIpc) is 2.32. The van der Waals surface area contributed by atoms with Gasteiger partial charge in [0.05, 0.1) is 12.6 Å². The second-order valence-electron chi connectivity index (χ2n) is 4.95. The van der Waals surface area contributed by atoms with E-state index in [-0.39, 0.29) is 24.0 Å². The molecule has 1 amide bonds. The first-order valence-electron chi connectivity index (χ1n) is 7.16. The summed E-state index contributed by atoms with van der Waals surface area (Å²) in [4.78, 5) is 22.7. The number of rotatable bonds is 10. The van der Waals surface area contributed by atoms with Crippen molar-refractivity contribution in [2.75, 3.05) is 13.2 Å². The summed E-state index contributed by atoms with van der Waals surface area (Å²) in [6.07, 6.45) is 3.24. The minimum atomic E-state index is -0.174. The minimum Gasteiger partial charge on any atom is -0.466 e. The zero-order valence-corrected chi connectivity index (χ0v) is 12.6. The number of carbonyl (C=O) groups is 2. The maximum absolute atomic E-state index is 11.6. The molecule has 0 bridgehead atoms.